The Kier molecular flexibility index (Phi) is 6.42. The van der Waals surface area contributed by atoms with Gasteiger partial charge >= 0.3 is 0 Å². The van der Waals surface area contributed by atoms with E-state index in [4.69, 9.17) is 9.47 Å². The van der Waals surface area contributed by atoms with E-state index in [1.807, 2.05) is 6.07 Å². The second kappa shape index (κ2) is 9.57. The average molecular weight is 450 g/mol. The number of hydrogen-bond donors (Lipinski definition) is 2. The largest absolute Gasteiger partial charge is 0.508 e. The van der Waals surface area contributed by atoms with Gasteiger partial charge in [0.25, 0.3) is 5.91 Å². The molecule has 8 heteroatoms. The number of amidine groups is 1. The second-order valence-corrected chi connectivity index (χ2v) is 7.85. The number of phenols is 1. The average Bonchev–Trinajstić information content (AvgIpc) is 3.13. The first-order valence-electron chi connectivity index (χ1n) is 9.64. The minimum absolute atomic E-state index is 0.150. The van der Waals surface area contributed by atoms with Crippen molar-refractivity contribution in [2.75, 3.05) is 7.11 Å². The molecule has 0 aliphatic carbocycles. The molecule has 0 spiro atoms. The van der Waals surface area contributed by atoms with Crippen molar-refractivity contribution in [1.29, 1.82) is 0 Å². The summed E-state index contributed by atoms with van der Waals surface area (Å²) in [6.07, 6.45) is 1.74. The van der Waals surface area contributed by atoms with Crippen LogP contribution < -0.4 is 14.8 Å². The number of ether oxygens (including phenoxy) is 2. The minimum atomic E-state index is -0.297. The number of aromatic hydroxyl groups is 1. The number of thioether (sulfide) groups is 1. The van der Waals surface area contributed by atoms with Crippen molar-refractivity contribution in [2.24, 2.45) is 4.99 Å². The van der Waals surface area contributed by atoms with Crippen LogP contribution in [0.15, 0.2) is 76.6 Å². The van der Waals surface area contributed by atoms with Gasteiger partial charge in [0, 0.05) is 0 Å². The summed E-state index contributed by atoms with van der Waals surface area (Å²) >= 11 is 1.22. The molecule has 32 heavy (non-hydrogen) atoms. The molecule has 1 aliphatic heterocycles. The van der Waals surface area contributed by atoms with Gasteiger partial charge in [0.15, 0.2) is 16.7 Å². The van der Waals surface area contributed by atoms with Crippen molar-refractivity contribution in [3.8, 4) is 17.2 Å². The third-order valence-electron chi connectivity index (χ3n) is 4.52. The second-order valence-electron chi connectivity index (χ2n) is 6.82. The number of phenolic OH excluding ortho intramolecular Hbond substituents is 1. The highest BCUT2D eigenvalue weighted by Crippen LogP contribution is 2.32. The molecule has 0 saturated carbocycles. The smallest absolute Gasteiger partial charge is 0.264 e. The Morgan fingerprint density at radius 1 is 1.06 bits per heavy atom. The van der Waals surface area contributed by atoms with E-state index in [0.717, 1.165) is 11.1 Å². The van der Waals surface area contributed by atoms with Gasteiger partial charge in [0.2, 0.25) is 0 Å². The van der Waals surface area contributed by atoms with Crippen LogP contribution in [0.5, 0.6) is 17.2 Å². The number of carbonyl (C=O) groups is 1. The molecule has 0 radical (unpaired) electrons. The summed E-state index contributed by atoms with van der Waals surface area (Å²) in [5.74, 6) is 0.661. The molecule has 1 aliphatic rings. The summed E-state index contributed by atoms with van der Waals surface area (Å²) in [5, 5.41) is 12.6. The van der Waals surface area contributed by atoms with Crippen molar-refractivity contribution in [1.82, 2.24) is 5.32 Å². The van der Waals surface area contributed by atoms with Crippen molar-refractivity contribution in [3.63, 3.8) is 0 Å². The molecule has 0 aromatic heterocycles. The fourth-order valence-electron chi connectivity index (χ4n) is 2.91. The fourth-order valence-corrected chi connectivity index (χ4v) is 3.75. The topological polar surface area (TPSA) is 80.2 Å². The molecule has 3 aromatic rings. The van der Waals surface area contributed by atoms with Crippen LogP contribution in [0.1, 0.15) is 11.1 Å². The molecule has 0 unspecified atom stereocenters. The quantitative estimate of drug-likeness (QED) is 0.516. The van der Waals surface area contributed by atoms with Gasteiger partial charge < -0.3 is 19.9 Å². The first-order valence-corrected chi connectivity index (χ1v) is 10.5. The van der Waals surface area contributed by atoms with Crippen LogP contribution >= 0.6 is 11.8 Å². The molecule has 1 amide bonds. The van der Waals surface area contributed by atoms with Gasteiger partial charge in [-0.2, -0.15) is 0 Å². The van der Waals surface area contributed by atoms with Gasteiger partial charge in [-0.15, -0.1) is 0 Å². The maximum atomic E-state index is 13.0. The van der Waals surface area contributed by atoms with Crippen LogP contribution in [0.25, 0.3) is 6.08 Å². The fraction of sp³-hybridized carbons (Fsp3) is 0.0833. The Balaban J connectivity index is 1.47. The molecule has 0 bridgehead atoms. The maximum Gasteiger partial charge on any atom is 0.264 e. The van der Waals surface area contributed by atoms with Crippen LogP contribution in [-0.2, 0) is 11.4 Å². The number of amides is 1. The zero-order valence-corrected chi connectivity index (χ0v) is 17.9. The number of methoxy groups -OCH3 is 1. The molecule has 1 fully saturated rings. The lowest BCUT2D eigenvalue weighted by molar-refractivity contribution is -0.115. The van der Waals surface area contributed by atoms with Gasteiger partial charge in [-0.3, -0.25) is 4.79 Å². The summed E-state index contributed by atoms with van der Waals surface area (Å²) in [6.45, 7) is 0.270. The standard InChI is InChI=1S/C24H19FN2O4S/c1-30-21-12-16(4-11-20(21)31-14-15-2-5-17(25)6-3-15)13-22-23(29)27-24(32-22)26-18-7-9-19(28)10-8-18/h2-13,28H,14H2,1H3,(H,26,27,29)/b22-13-. The van der Waals surface area contributed by atoms with Crippen molar-refractivity contribution < 1.29 is 23.8 Å². The Bertz CT molecular complexity index is 1190. The lowest BCUT2D eigenvalue weighted by atomic mass is 10.2. The highest BCUT2D eigenvalue weighted by Gasteiger charge is 2.24. The van der Waals surface area contributed by atoms with Gasteiger partial charge in [-0.1, -0.05) is 18.2 Å². The molecular weight excluding hydrogens is 431 g/mol. The Morgan fingerprint density at radius 2 is 1.81 bits per heavy atom. The lowest BCUT2D eigenvalue weighted by Crippen LogP contribution is -2.19. The highest BCUT2D eigenvalue weighted by atomic mass is 32.2. The van der Waals surface area contributed by atoms with E-state index in [1.165, 1.54) is 43.1 Å². The van der Waals surface area contributed by atoms with Gasteiger partial charge in [-0.05, 0) is 77.5 Å². The van der Waals surface area contributed by atoms with E-state index in [-0.39, 0.29) is 24.1 Å². The highest BCUT2D eigenvalue weighted by molar-refractivity contribution is 8.18. The van der Waals surface area contributed by atoms with Gasteiger partial charge in [0.05, 0.1) is 17.7 Å². The van der Waals surface area contributed by atoms with Crippen molar-refractivity contribution in [3.05, 3.63) is 88.6 Å². The number of hydrogen-bond acceptors (Lipinski definition) is 6. The minimum Gasteiger partial charge on any atom is -0.508 e. The van der Waals surface area contributed by atoms with E-state index in [1.54, 1.807) is 42.5 Å². The van der Waals surface area contributed by atoms with Crippen LogP contribution in [0.3, 0.4) is 0 Å². The molecule has 6 nitrogen and oxygen atoms in total. The lowest BCUT2D eigenvalue weighted by Gasteiger charge is -2.11. The van der Waals surface area contributed by atoms with Crippen molar-refractivity contribution in [2.45, 2.75) is 6.61 Å². The van der Waals surface area contributed by atoms with Gasteiger partial charge in [0.1, 0.15) is 18.2 Å². The van der Waals surface area contributed by atoms with E-state index in [2.05, 4.69) is 10.3 Å². The summed E-state index contributed by atoms with van der Waals surface area (Å²) in [6, 6.07) is 17.8. The number of rotatable bonds is 6. The Hall–Kier alpha value is -3.78. The number of halogens is 1. The molecule has 1 heterocycles. The molecule has 2 N–H and O–H groups in total. The molecular formula is C24H19FN2O4S. The van der Waals surface area contributed by atoms with E-state index in [9.17, 15) is 14.3 Å². The van der Waals surface area contributed by atoms with Crippen LogP contribution in [0.2, 0.25) is 0 Å². The number of aliphatic imine (C=N–C) groups is 1. The first kappa shape index (κ1) is 21.5. The van der Waals surface area contributed by atoms with E-state index >= 15 is 0 Å². The molecule has 0 atom stereocenters. The molecule has 1 saturated heterocycles. The predicted molar refractivity (Wildman–Crippen MR) is 123 cm³/mol. The maximum absolute atomic E-state index is 13.0. The summed E-state index contributed by atoms with van der Waals surface area (Å²) < 4.78 is 24.3. The van der Waals surface area contributed by atoms with E-state index in [0.29, 0.717) is 27.3 Å². The number of carbonyl (C=O) groups excluding carboxylic acids is 1. The van der Waals surface area contributed by atoms with Crippen LogP contribution in [-0.4, -0.2) is 23.3 Å². The molecule has 3 aromatic carbocycles. The van der Waals surface area contributed by atoms with E-state index < -0.39 is 0 Å². The molecule has 4 rings (SSSR count). The SMILES string of the molecule is COc1cc(/C=C2\SC(=Nc3ccc(O)cc3)NC2=O)ccc1OCc1ccc(F)cc1. The summed E-state index contributed by atoms with van der Waals surface area (Å²) in [5.41, 5.74) is 2.22. The van der Waals surface area contributed by atoms with Gasteiger partial charge in [-0.25, -0.2) is 9.38 Å². The summed E-state index contributed by atoms with van der Waals surface area (Å²) in [4.78, 5) is 17.2. The first-order chi connectivity index (χ1) is 15.5. The zero-order chi connectivity index (χ0) is 22.5. The normalized spacial score (nSPS) is 15.8. The summed E-state index contributed by atoms with van der Waals surface area (Å²) in [7, 11) is 1.54. The molecule has 162 valence electrons. The third kappa shape index (κ3) is 5.28. The zero-order valence-electron chi connectivity index (χ0n) is 17.0. The monoisotopic (exact) mass is 450 g/mol. The third-order valence-corrected chi connectivity index (χ3v) is 5.43. The van der Waals surface area contributed by atoms with Crippen molar-refractivity contribution >= 4 is 34.6 Å². The predicted octanol–water partition coefficient (Wildman–Crippen LogP) is 5.01. The number of nitrogens with one attached hydrogen (secondary N) is 1. The Morgan fingerprint density at radius 3 is 2.53 bits per heavy atom. The Labute approximate surface area is 188 Å². The number of nitrogens with zero attached hydrogens (tertiary/aromatic N) is 1. The van der Waals surface area contributed by atoms with Crippen LogP contribution in [0.4, 0.5) is 10.1 Å². The van der Waals surface area contributed by atoms with Crippen LogP contribution in [0, 0.1) is 5.82 Å². The number of benzene rings is 3.